The van der Waals surface area contributed by atoms with Gasteiger partial charge in [-0.25, -0.2) is 9.69 Å². The predicted molar refractivity (Wildman–Crippen MR) is 153 cm³/mol. The van der Waals surface area contributed by atoms with Crippen LogP contribution in [0.5, 0.6) is 0 Å². The molecule has 1 N–H and O–H groups in total. The van der Waals surface area contributed by atoms with Gasteiger partial charge in [0, 0.05) is 48.0 Å². The molecule has 0 atom stereocenters. The van der Waals surface area contributed by atoms with Crippen LogP contribution in [0.1, 0.15) is 50.2 Å². The Labute approximate surface area is 247 Å². The van der Waals surface area contributed by atoms with Crippen LogP contribution >= 0.6 is 11.6 Å². The first-order valence-electron chi connectivity index (χ1n) is 13.7. The molecule has 42 heavy (non-hydrogen) atoms. The van der Waals surface area contributed by atoms with Crippen LogP contribution in [0.4, 0.5) is 29.3 Å². The molecule has 0 spiro atoms. The number of amides is 4. The summed E-state index contributed by atoms with van der Waals surface area (Å²) < 4.78 is 40.2. The molecule has 2 aromatic rings. The Kier molecular flexibility index (Phi) is 9.91. The second kappa shape index (κ2) is 13.4. The minimum Gasteiger partial charge on any atom is -0.322 e. The molecule has 0 radical (unpaired) electrons. The molecule has 12 heteroatoms. The standard InChI is InChI=1S/C30H31ClF3N5O3/c1-20-25(28(41)39(27(20)40)24-11-10-21(19-35)26(18-24)30(32,33)34)9-4-2-3-5-12-37-13-15-38(16-14-37)29(42)36-23-8-6-7-22(31)17-23/h6-8,10-11,17-18H,2-5,9,12-16H2,1H3,(H,36,42). The molecule has 2 heterocycles. The highest BCUT2D eigenvalue weighted by molar-refractivity contribution is 6.32. The SMILES string of the molecule is CC1=C(CCCCCCN2CCN(C(=O)Nc3cccc(Cl)c3)CC2)C(=O)N(c2ccc(C#N)c(C(F)(F)F)c2)C1=O. The third kappa shape index (κ3) is 7.30. The average molecular weight is 602 g/mol. The van der Waals surface area contributed by atoms with Crippen LogP contribution in [0.2, 0.25) is 5.02 Å². The first kappa shape index (κ1) is 31.1. The van der Waals surface area contributed by atoms with Crippen molar-refractivity contribution in [1.29, 1.82) is 5.26 Å². The number of carbonyl (C=O) groups excluding carboxylic acids is 3. The maximum atomic E-state index is 13.4. The number of urea groups is 1. The second-order valence-electron chi connectivity index (χ2n) is 10.3. The molecule has 0 aromatic heterocycles. The Bertz CT molecular complexity index is 1430. The zero-order valence-corrected chi connectivity index (χ0v) is 23.9. The number of piperazine rings is 1. The monoisotopic (exact) mass is 601 g/mol. The molecule has 8 nitrogen and oxygen atoms in total. The number of anilines is 2. The number of hydrogen-bond donors (Lipinski definition) is 1. The van der Waals surface area contributed by atoms with Gasteiger partial charge in [0.25, 0.3) is 11.8 Å². The number of nitrogens with one attached hydrogen (secondary N) is 1. The van der Waals surface area contributed by atoms with Crippen LogP contribution in [0.3, 0.4) is 0 Å². The van der Waals surface area contributed by atoms with Gasteiger partial charge in [-0.3, -0.25) is 14.5 Å². The lowest BCUT2D eigenvalue weighted by molar-refractivity contribution is -0.138. The van der Waals surface area contributed by atoms with Crippen molar-refractivity contribution >= 4 is 40.8 Å². The van der Waals surface area contributed by atoms with E-state index in [9.17, 15) is 27.6 Å². The third-order valence-corrected chi connectivity index (χ3v) is 7.75. The Morgan fingerprint density at radius 1 is 1.00 bits per heavy atom. The fourth-order valence-electron chi connectivity index (χ4n) is 5.15. The molecule has 222 valence electrons. The molecule has 1 fully saturated rings. The maximum absolute atomic E-state index is 13.4. The lowest BCUT2D eigenvalue weighted by atomic mass is 10.0. The van der Waals surface area contributed by atoms with Gasteiger partial charge in [-0.05, 0) is 69.1 Å². The van der Waals surface area contributed by atoms with Crippen LogP contribution in [-0.4, -0.2) is 60.4 Å². The number of alkyl halides is 3. The number of nitriles is 1. The number of halogens is 4. The van der Waals surface area contributed by atoms with E-state index in [1.54, 1.807) is 29.2 Å². The molecule has 4 rings (SSSR count). The first-order valence-corrected chi connectivity index (χ1v) is 14.1. The number of hydrogen-bond acceptors (Lipinski definition) is 5. The lowest BCUT2D eigenvalue weighted by Gasteiger charge is -2.34. The smallest absolute Gasteiger partial charge is 0.322 e. The summed E-state index contributed by atoms with van der Waals surface area (Å²) in [6.45, 7) is 5.18. The van der Waals surface area contributed by atoms with Gasteiger partial charge >= 0.3 is 12.2 Å². The van der Waals surface area contributed by atoms with Crippen molar-refractivity contribution in [2.45, 2.75) is 45.2 Å². The number of imide groups is 1. The van der Waals surface area contributed by atoms with Crippen molar-refractivity contribution in [2.24, 2.45) is 0 Å². The highest BCUT2D eigenvalue weighted by Crippen LogP contribution is 2.37. The van der Waals surface area contributed by atoms with Gasteiger partial charge in [-0.15, -0.1) is 0 Å². The summed E-state index contributed by atoms with van der Waals surface area (Å²) in [6, 6.07) is 11.2. The minimum absolute atomic E-state index is 0.153. The van der Waals surface area contributed by atoms with Crippen molar-refractivity contribution < 1.29 is 27.6 Å². The van der Waals surface area contributed by atoms with Crippen molar-refractivity contribution in [3.63, 3.8) is 0 Å². The molecule has 0 bridgehead atoms. The van der Waals surface area contributed by atoms with E-state index in [1.807, 2.05) is 0 Å². The van der Waals surface area contributed by atoms with Crippen molar-refractivity contribution in [3.8, 4) is 6.07 Å². The number of rotatable bonds is 9. The molecule has 2 aliphatic rings. The quantitative estimate of drug-likeness (QED) is 0.272. The van der Waals surface area contributed by atoms with Crippen molar-refractivity contribution in [2.75, 3.05) is 42.9 Å². The average Bonchev–Trinajstić information content (AvgIpc) is 3.17. The zero-order chi connectivity index (χ0) is 30.4. The van der Waals surface area contributed by atoms with Gasteiger partial charge in [0.2, 0.25) is 0 Å². The predicted octanol–water partition coefficient (Wildman–Crippen LogP) is 6.22. The molecular formula is C30H31ClF3N5O3. The van der Waals surface area contributed by atoms with Crippen LogP contribution < -0.4 is 10.2 Å². The summed E-state index contributed by atoms with van der Waals surface area (Å²) in [5.41, 5.74) is -0.761. The van der Waals surface area contributed by atoms with Gasteiger partial charge in [0.15, 0.2) is 0 Å². The van der Waals surface area contributed by atoms with Crippen LogP contribution in [-0.2, 0) is 15.8 Å². The molecule has 2 aliphatic heterocycles. The van der Waals surface area contributed by atoms with Gasteiger partial charge < -0.3 is 10.2 Å². The second-order valence-corrected chi connectivity index (χ2v) is 10.8. The fourth-order valence-corrected chi connectivity index (χ4v) is 5.34. The van der Waals surface area contributed by atoms with Crippen LogP contribution in [0.15, 0.2) is 53.6 Å². The van der Waals surface area contributed by atoms with Gasteiger partial charge in [0.1, 0.15) is 0 Å². The molecule has 4 amide bonds. The van der Waals surface area contributed by atoms with E-state index >= 15 is 0 Å². The van der Waals surface area contributed by atoms with Gasteiger partial charge in [0.05, 0.1) is 22.9 Å². The van der Waals surface area contributed by atoms with E-state index in [-0.39, 0.29) is 17.3 Å². The third-order valence-electron chi connectivity index (χ3n) is 7.51. The topological polar surface area (TPSA) is 96.8 Å². The van der Waals surface area contributed by atoms with Crippen molar-refractivity contribution in [1.82, 2.24) is 9.80 Å². The Morgan fingerprint density at radius 3 is 2.38 bits per heavy atom. The van der Waals surface area contributed by atoms with Crippen LogP contribution in [0.25, 0.3) is 0 Å². The summed E-state index contributed by atoms with van der Waals surface area (Å²) in [4.78, 5) is 43.2. The molecule has 1 saturated heterocycles. The largest absolute Gasteiger partial charge is 0.417 e. The summed E-state index contributed by atoms with van der Waals surface area (Å²) >= 11 is 5.98. The first-order chi connectivity index (χ1) is 20.0. The normalized spacial score (nSPS) is 16.3. The summed E-state index contributed by atoms with van der Waals surface area (Å²) in [5.74, 6) is -1.26. The number of unbranched alkanes of at least 4 members (excludes halogenated alkanes) is 3. The maximum Gasteiger partial charge on any atom is 0.417 e. The van der Waals surface area contributed by atoms with E-state index < -0.39 is 29.1 Å². The molecule has 0 unspecified atom stereocenters. The summed E-state index contributed by atoms with van der Waals surface area (Å²) in [6.07, 6.45) is -1.09. The van der Waals surface area contributed by atoms with E-state index in [0.29, 0.717) is 48.3 Å². The van der Waals surface area contributed by atoms with E-state index in [1.165, 1.54) is 19.1 Å². The number of benzene rings is 2. The molecule has 0 saturated carbocycles. The van der Waals surface area contributed by atoms with Crippen LogP contribution in [0, 0.1) is 11.3 Å². The van der Waals surface area contributed by atoms with E-state index in [0.717, 1.165) is 49.9 Å². The van der Waals surface area contributed by atoms with E-state index in [4.69, 9.17) is 16.9 Å². The summed E-state index contributed by atoms with van der Waals surface area (Å²) in [7, 11) is 0. The summed E-state index contributed by atoms with van der Waals surface area (Å²) in [5, 5.41) is 12.4. The molecule has 2 aromatic carbocycles. The Hall–Kier alpha value is -3.88. The molecule has 0 aliphatic carbocycles. The highest BCUT2D eigenvalue weighted by atomic mass is 35.5. The minimum atomic E-state index is -4.79. The highest BCUT2D eigenvalue weighted by Gasteiger charge is 2.39. The Balaban J connectivity index is 1.18. The number of carbonyl (C=O) groups is 3. The van der Waals surface area contributed by atoms with Gasteiger partial charge in [-0.1, -0.05) is 30.5 Å². The number of nitrogens with zero attached hydrogens (tertiary/aromatic N) is 4. The van der Waals surface area contributed by atoms with Gasteiger partial charge in [-0.2, -0.15) is 18.4 Å². The molecular weight excluding hydrogens is 571 g/mol. The fraction of sp³-hybridized carbons (Fsp3) is 0.400. The van der Waals surface area contributed by atoms with Crippen molar-refractivity contribution in [3.05, 3.63) is 69.8 Å². The Morgan fingerprint density at radius 2 is 1.71 bits per heavy atom. The lowest BCUT2D eigenvalue weighted by Crippen LogP contribution is -2.50. The van der Waals surface area contributed by atoms with E-state index in [2.05, 4.69) is 10.2 Å². The zero-order valence-electron chi connectivity index (χ0n) is 23.1.